The number of amides is 1. The summed E-state index contributed by atoms with van der Waals surface area (Å²) in [7, 11) is 1.55. The zero-order valence-electron chi connectivity index (χ0n) is 15.3. The topological polar surface area (TPSA) is 99.7 Å². The van der Waals surface area contributed by atoms with Gasteiger partial charge in [0.15, 0.2) is 0 Å². The molecule has 3 rings (SSSR count). The van der Waals surface area contributed by atoms with Crippen LogP contribution in [-0.4, -0.2) is 29.1 Å². The van der Waals surface area contributed by atoms with Gasteiger partial charge in [-0.1, -0.05) is 18.2 Å². The number of fused-ring (bicyclic) bond motifs is 1. The lowest BCUT2D eigenvalue weighted by molar-refractivity contribution is -0.138. The van der Waals surface area contributed by atoms with Crippen molar-refractivity contribution in [1.82, 2.24) is 4.98 Å². The van der Waals surface area contributed by atoms with Crippen LogP contribution in [0.1, 0.15) is 18.4 Å². The van der Waals surface area contributed by atoms with Crippen LogP contribution in [0.2, 0.25) is 0 Å². The molecule has 0 saturated carbocycles. The fourth-order valence-electron chi connectivity index (χ4n) is 3.01. The van der Waals surface area contributed by atoms with E-state index in [2.05, 4.69) is 4.98 Å². The van der Waals surface area contributed by atoms with Gasteiger partial charge in [0.2, 0.25) is 11.5 Å². The number of para-hydroxylation sites is 1. The molecular formula is C21H20N2O5. The number of carbonyl (C=O) groups excluding carboxylic acids is 1. The Morgan fingerprint density at radius 2 is 1.79 bits per heavy atom. The first-order chi connectivity index (χ1) is 13.5. The van der Waals surface area contributed by atoms with Crippen molar-refractivity contribution in [2.24, 2.45) is 0 Å². The number of ether oxygens (including phenoxy) is 1. The molecule has 0 atom stereocenters. The lowest BCUT2D eigenvalue weighted by Gasteiger charge is -2.24. The van der Waals surface area contributed by atoms with E-state index in [0.29, 0.717) is 22.5 Å². The number of pyridine rings is 1. The van der Waals surface area contributed by atoms with E-state index in [1.54, 1.807) is 37.4 Å². The Balaban J connectivity index is 2.00. The largest absolute Gasteiger partial charge is 0.497 e. The van der Waals surface area contributed by atoms with E-state index in [9.17, 15) is 14.4 Å². The summed E-state index contributed by atoms with van der Waals surface area (Å²) in [6.45, 7) is 0.148. The molecule has 0 unspecified atom stereocenters. The van der Waals surface area contributed by atoms with E-state index >= 15 is 0 Å². The first-order valence-corrected chi connectivity index (χ1v) is 8.75. The first-order valence-electron chi connectivity index (χ1n) is 8.75. The van der Waals surface area contributed by atoms with Gasteiger partial charge in [-0.3, -0.25) is 14.4 Å². The van der Waals surface area contributed by atoms with Crippen LogP contribution in [0.15, 0.2) is 59.4 Å². The van der Waals surface area contributed by atoms with E-state index in [4.69, 9.17) is 9.84 Å². The lowest BCUT2D eigenvalue weighted by atomic mass is 10.1. The van der Waals surface area contributed by atoms with Crippen molar-refractivity contribution in [1.29, 1.82) is 0 Å². The summed E-state index contributed by atoms with van der Waals surface area (Å²) in [5.41, 5.74) is 1.69. The van der Waals surface area contributed by atoms with Gasteiger partial charge in [-0.25, -0.2) is 0 Å². The quantitative estimate of drug-likeness (QED) is 0.656. The zero-order valence-corrected chi connectivity index (χ0v) is 15.3. The van der Waals surface area contributed by atoms with E-state index in [0.717, 1.165) is 5.39 Å². The Morgan fingerprint density at radius 3 is 2.46 bits per heavy atom. The highest BCUT2D eigenvalue weighted by Crippen LogP contribution is 2.24. The molecule has 28 heavy (non-hydrogen) atoms. The van der Waals surface area contributed by atoms with Crippen LogP contribution in [0.25, 0.3) is 10.9 Å². The van der Waals surface area contributed by atoms with Gasteiger partial charge in [-0.2, -0.15) is 0 Å². The van der Waals surface area contributed by atoms with Crippen LogP contribution >= 0.6 is 0 Å². The Labute approximate surface area is 161 Å². The van der Waals surface area contributed by atoms with Crippen molar-refractivity contribution in [3.8, 4) is 5.75 Å². The molecule has 7 heteroatoms. The molecule has 7 nitrogen and oxygen atoms in total. The van der Waals surface area contributed by atoms with Crippen LogP contribution < -0.4 is 15.2 Å². The first kappa shape index (κ1) is 19.2. The number of hydrogen-bond donors (Lipinski definition) is 2. The SMILES string of the molecule is COc1ccc(N(Cc2cc(=O)[nH]c3ccccc23)C(=O)CCC(=O)O)cc1. The average molecular weight is 380 g/mol. The number of carboxylic acids is 1. The maximum atomic E-state index is 12.8. The van der Waals surface area contributed by atoms with Crippen molar-refractivity contribution in [2.45, 2.75) is 19.4 Å². The second-order valence-electron chi connectivity index (χ2n) is 6.28. The van der Waals surface area contributed by atoms with Crippen LogP contribution in [0.4, 0.5) is 5.69 Å². The van der Waals surface area contributed by atoms with Gasteiger partial charge in [-0.05, 0) is 35.9 Å². The molecule has 3 aromatic rings. The standard InChI is InChI=1S/C21H20N2O5/c1-28-16-8-6-15(7-9-16)23(20(25)10-11-21(26)27)13-14-12-19(24)22-18-5-3-2-4-17(14)18/h2-9,12H,10-11,13H2,1H3,(H,22,24)(H,26,27). The van der Waals surface area contributed by atoms with Gasteiger partial charge in [-0.15, -0.1) is 0 Å². The number of aromatic amines is 1. The highest BCUT2D eigenvalue weighted by atomic mass is 16.5. The van der Waals surface area contributed by atoms with Gasteiger partial charge in [0.25, 0.3) is 0 Å². The predicted molar refractivity (Wildman–Crippen MR) is 106 cm³/mol. The summed E-state index contributed by atoms with van der Waals surface area (Å²) in [6.07, 6.45) is -0.399. The number of aromatic nitrogens is 1. The van der Waals surface area contributed by atoms with E-state index in [1.165, 1.54) is 11.0 Å². The molecule has 0 aliphatic heterocycles. The maximum Gasteiger partial charge on any atom is 0.303 e. The van der Waals surface area contributed by atoms with Crippen molar-refractivity contribution < 1.29 is 19.4 Å². The monoisotopic (exact) mass is 380 g/mol. The highest BCUT2D eigenvalue weighted by molar-refractivity contribution is 5.95. The molecule has 1 amide bonds. The van der Waals surface area contributed by atoms with Crippen molar-refractivity contribution in [2.75, 3.05) is 12.0 Å². The molecule has 0 spiro atoms. The minimum absolute atomic E-state index is 0.136. The molecule has 2 aromatic carbocycles. The smallest absolute Gasteiger partial charge is 0.303 e. The summed E-state index contributed by atoms with van der Waals surface area (Å²) in [6, 6.07) is 15.7. The average Bonchev–Trinajstić information content (AvgIpc) is 2.70. The number of rotatable bonds is 7. The second-order valence-corrected chi connectivity index (χ2v) is 6.28. The fraction of sp³-hybridized carbons (Fsp3) is 0.190. The normalized spacial score (nSPS) is 10.6. The van der Waals surface area contributed by atoms with Crippen LogP contribution in [0.5, 0.6) is 5.75 Å². The zero-order chi connectivity index (χ0) is 20.1. The third-order valence-electron chi connectivity index (χ3n) is 4.40. The molecule has 2 N–H and O–H groups in total. The van der Waals surface area contributed by atoms with Crippen LogP contribution in [-0.2, 0) is 16.1 Å². The fourth-order valence-corrected chi connectivity index (χ4v) is 3.01. The van der Waals surface area contributed by atoms with Crippen molar-refractivity contribution in [3.05, 3.63) is 70.5 Å². The molecule has 1 aromatic heterocycles. The number of anilines is 1. The second kappa shape index (κ2) is 8.39. The summed E-state index contributed by atoms with van der Waals surface area (Å²) in [4.78, 5) is 40.0. The minimum atomic E-state index is -1.04. The molecule has 0 aliphatic rings. The Bertz CT molecular complexity index is 1060. The van der Waals surface area contributed by atoms with E-state index in [-0.39, 0.29) is 30.9 Å². The summed E-state index contributed by atoms with van der Waals surface area (Å²) in [5.74, 6) is -0.732. The third kappa shape index (κ3) is 4.37. The molecule has 144 valence electrons. The number of hydrogen-bond acceptors (Lipinski definition) is 4. The molecule has 0 saturated heterocycles. The number of carbonyl (C=O) groups is 2. The molecule has 0 bridgehead atoms. The van der Waals surface area contributed by atoms with Gasteiger partial charge in [0, 0.05) is 29.1 Å². The number of benzene rings is 2. The van der Waals surface area contributed by atoms with E-state index in [1.807, 2.05) is 18.2 Å². The minimum Gasteiger partial charge on any atom is -0.497 e. The maximum absolute atomic E-state index is 12.8. The molecule has 0 fully saturated rings. The molecule has 0 radical (unpaired) electrons. The lowest BCUT2D eigenvalue weighted by Crippen LogP contribution is -2.31. The highest BCUT2D eigenvalue weighted by Gasteiger charge is 2.19. The van der Waals surface area contributed by atoms with Crippen molar-refractivity contribution in [3.63, 3.8) is 0 Å². The van der Waals surface area contributed by atoms with Crippen LogP contribution in [0.3, 0.4) is 0 Å². The Morgan fingerprint density at radius 1 is 1.07 bits per heavy atom. The predicted octanol–water partition coefficient (Wildman–Crippen LogP) is 2.93. The Kier molecular flexibility index (Phi) is 5.74. The van der Waals surface area contributed by atoms with Gasteiger partial charge >= 0.3 is 5.97 Å². The van der Waals surface area contributed by atoms with Gasteiger partial charge < -0.3 is 19.7 Å². The summed E-state index contributed by atoms with van der Waals surface area (Å²) >= 11 is 0. The number of nitrogens with zero attached hydrogens (tertiary/aromatic N) is 1. The summed E-state index contributed by atoms with van der Waals surface area (Å²) < 4.78 is 5.15. The van der Waals surface area contributed by atoms with E-state index < -0.39 is 5.97 Å². The number of aliphatic carboxylic acids is 1. The number of H-pyrrole nitrogens is 1. The summed E-state index contributed by atoms with van der Waals surface area (Å²) in [5, 5.41) is 9.74. The Hall–Kier alpha value is -3.61. The number of methoxy groups -OCH3 is 1. The number of carboxylic acid groups (broad SMARTS) is 1. The number of nitrogens with one attached hydrogen (secondary N) is 1. The van der Waals surface area contributed by atoms with Crippen molar-refractivity contribution >= 4 is 28.5 Å². The third-order valence-corrected chi connectivity index (χ3v) is 4.40. The molecule has 0 aliphatic carbocycles. The van der Waals surface area contributed by atoms with Crippen LogP contribution in [0, 0.1) is 0 Å². The molecule has 1 heterocycles. The molecular weight excluding hydrogens is 360 g/mol. The van der Waals surface area contributed by atoms with Gasteiger partial charge in [0.05, 0.1) is 20.1 Å². The van der Waals surface area contributed by atoms with Gasteiger partial charge in [0.1, 0.15) is 5.75 Å².